The summed E-state index contributed by atoms with van der Waals surface area (Å²) in [4.78, 5) is 25.0. The van der Waals surface area contributed by atoms with E-state index in [0.29, 0.717) is 0 Å². The Bertz CT molecular complexity index is 649. The summed E-state index contributed by atoms with van der Waals surface area (Å²) < 4.78 is 0. The number of carbonyl (C=O) groups is 1. The summed E-state index contributed by atoms with van der Waals surface area (Å²) in [5.41, 5.74) is -0.362. The number of phenolic OH excluding ortho intramolecular Hbond substituents is 1. The number of nitrogens with one attached hydrogen (secondary N) is 2. The third-order valence-electron chi connectivity index (χ3n) is 2.24. The molecule has 2 rings (SSSR count). The van der Waals surface area contributed by atoms with E-state index in [1.807, 2.05) is 0 Å². The molecule has 1 amide bonds. The number of carbonyl (C=O) groups excluding carboxylic acids is 1. The third-order valence-corrected chi connectivity index (χ3v) is 2.24. The largest absolute Gasteiger partial charge is 0.506 e. The molecule has 0 aliphatic heterocycles. The van der Waals surface area contributed by atoms with Gasteiger partial charge < -0.3 is 15.5 Å². The van der Waals surface area contributed by atoms with Gasteiger partial charge in [-0.2, -0.15) is 0 Å². The number of aromatic nitrogens is 1. The van der Waals surface area contributed by atoms with E-state index in [1.165, 1.54) is 12.1 Å². The second-order valence-corrected chi connectivity index (χ2v) is 3.59. The molecule has 1 aromatic heterocycles. The molecule has 6 nitrogen and oxygen atoms in total. The van der Waals surface area contributed by atoms with Crippen LogP contribution in [-0.4, -0.2) is 21.1 Å². The first-order valence-electron chi connectivity index (χ1n) is 5.09. The molecule has 0 atom stereocenters. The first-order chi connectivity index (χ1) is 8.56. The van der Waals surface area contributed by atoms with Gasteiger partial charge in [0.2, 0.25) is 0 Å². The minimum atomic E-state index is -0.599. The van der Waals surface area contributed by atoms with Crippen LogP contribution in [0.2, 0.25) is 0 Å². The fraction of sp³-hybridized carbons (Fsp3) is 0. The van der Waals surface area contributed by atoms with Crippen molar-refractivity contribution >= 4 is 11.6 Å². The van der Waals surface area contributed by atoms with Gasteiger partial charge in [0.05, 0.1) is 11.3 Å². The number of rotatable bonds is 2. The quantitative estimate of drug-likeness (QED) is 0.594. The van der Waals surface area contributed by atoms with Gasteiger partial charge in [0.25, 0.3) is 11.5 Å². The van der Waals surface area contributed by atoms with Gasteiger partial charge in [0.1, 0.15) is 5.75 Å². The predicted molar refractivity (Wildman–Crippen MR) is 64.8 cm³/mol. The summed E-state index contributed by atoms with van der Waals surface area (Å²) in [6.45, 7) is 0. The van der Waals surface area contributed by atoms with Gasteiger partial charge in [0.15, 0.2) is 5.88 Å². The number of anilines is 1. The molecule has 0 radical (unpaired) electrons. The lowest BCUT2D eigenvalue weighted by Gasteiger charge is -2.06. The van der Waals surface area contributed by atoms with Crippen molar-refractivity contribution in [2.24, 2.45) is 0 Å². The SMILES string of the molecule is O=C(Nc1ccccc1O)c1cc(O)[nH]c(=O)c1. The second-order valence-electron chi connectivity index (χ2n) is 3.59. The zero-order chi connectivity index (χ0) is 13.1. The van der Waals surface area contributed by atoms with Gasteiger partial charge >= 0.3 is 0 Å². The van der Waals surface area contributed by atoms with E-state index in [2.05, 4.69) is 10.3 Å². The maximum atomic E-state index is 11.8. The van der Waals surface area contributed by atoms with Crippen LogP contribution in [0.3, 0.4) is 0 Å². The van der Waals surface area contributed by atoms with Crippen LogP contribution in [0.1, 0.15) is 10.4 Å². The Morgan fingerprint density at radius 1 is 1.17 bits per heavy atom. The highest BCUT2D eigenvalue weighted by atomic mass is 16.3. The van der Waals surface area contributed by atoms with Crippen LogP contribution in [0, 0.1) is 0 Å². The fourth-order valence-electron chi connectivity index (χ4n) is 1.43. The van der Waals surface area contributed by atoms with Crippen molar-refractivity contribution < 1.29 is 15.0 Å². The lowest BCUT2D eigenvalue weighted by Crippen LogP contribution is -2.15. The number of hydrogen-bond acceptors (Lipinski definition) is 4. The van der Waals surface area contributed by atoms with E-state index in [0.717, 1.165) is 12.1 Å². The average Bonchev–Trinajstić information content (AvgIpc) is 2.31. The molecule has 0 aliphatic rings. The van der Waals surface area contributed by atoms with Gasteiger partial charge in [-0.25, -0.2) is 0 Å². The number of benzene rings is 1. The molecule has 92 valence electrons. The zero-order valence-corrected chi connectivity index (χ0v) is 9.18. The van der Waals surface area contributed by atoms with Crippen LogP contribution in [0.5, 0.6) is 11.6 Å². The van der Waals surface area contributed by atoms with Crippen molar-refractivity contribution in [1.29, 1.82) is 0 Å². The van der Waals surface area contributed by atoms with Crippen molar-refractivity contribution in [3.63, 3.8) is 0 Å². The molecule has 0 saturated heterocycles. The minimum Gasteiger partial charge on any atom is -0.506 e. The van der Waals surface area contributed by atoms with E-state index in [9.17, 15) is 19.8 Å². The van der Waals surface area contributed by atoms with Gasteiger partial charge in [-0.05, 0) is 12.1 Å². The van der Waals surface area contributed by atoms with Crippen molar-refractivity contribution in [2.75, 3.05) is 5.32 Å². The van der Waals surface area contributed by atoms with Crippen LogP contribution >= 0.6 is 0 Å². The smallest absolute Gasteiger partial charge is 0.256 e. The van der Waals surface area contributed by atoms with E-state index in [1.54, 1.807) is 12.1 Å². The van der Waals surface area contributed by atoms with E-state index < -0.39 is 17.3 Å². The summed E-state index contributed by atoms with van der Waals surface area (Å²) >= 11 is 0. The summed E-state index contributed by atoms with van der Waals surface area (Å²) in [6, 6.07) is 8.37. The summed E-state index contributed by atoms with van der Waals surface area (Å²) in [5, 5.41) is 21.1. The fourth-order valence-corrected chi connectivity index (χ4v) is 1.43. The Hall–Kier alpha value is -2.76. The molecule has 2 aromatic rings. The lowest BCUT2D eigenvalue weighted by atomic mass is 10.2. The molecule has 0 fully saturated rings. The van der Waals surface area contributed by atoms with Crippen LogP contribution in [-0.2, 0) is 0 Å². The number of phenols is 1. The number of H-pyrrole nitrogens is 1. The van der Waals surface area contributed by atoms with Gasteiger partial charge in [-0.15, -0.1) is 0 Å². The molecule has 6 heteroatoms. The summed E-state index contributed by atoms with van der Waals surface area (Å²) in [7, 11) is 0. The zero-order valence-electron chi connectivity index (χ0n) is 9.18. The molecule has 1 aromatic carbocycles. The summed E-state index contributed by atoms with van der Waals surface area (Å²) in [6.07, 6.45) is 0. The number of para-hydroxylation sites is 2. The van der Waals surface area contributed by atoms with Crippen molar-refractivity contribution in [2.45, 2.75) is 0 Å². The topological polar surface area (TPSA) is 102 Å². The number of hydrogen-bond donors (Lipinski definition) is 4. The van der Waals surface area contributed by atoms with E-state index >= 15 is 0 Å². The summed E-state index contributed by atoms with van der Waals surface area (Å²) in [5.74, 6) is -1.08. The standard InChI is InChI=1S/C12H10N2O4/c15-9-4-2-1-3-8(9)13-12(18)7-5-10(16)14-11(17)6-7/h1-6,15H,(H,13,18)(H2,14,16,17). The van der Waals surface area contributed by atoms with Crippen molar-refractivity contribution in [3.05, 3.63) is 52.3 Å². The Kier molecular flexibility index (Phi) is 3.01. The maximum Gasteiger partial charge on any atom is 0.256 e. The molecule has 0 saturated carbocycles. The number of amides is 1. The number of pyridine rings is 1. The van der Waals surface area contributed by atoms with Crippen LogP contribution < -0.4 is 10.9 Å². The Labute approximate surface area is 102 Å². The molecule has 0 aliphatic carbocycles. The predicted octanol–water partition coefficient (Wildman–Crippen LogP) is 1.04. The lowest BCUT2D eigenvalue weighted by molar-refractivity contribution is 0.102. The van der Waals surface area contributed by atoms with E-state index in [4.69, 9.17) is 0 Å². The van der Waals surface area contributed by atoms with Crippen molar-refractivity contribution in [3.8, 4) is 11.6 Å². The Balaban J connectivity index is 2.28. The Morgan fingerprint density at radius 2 is 1.89 bits per heavy atom. The molecule has 18 heavy (non-hydrogen) atoms. The third kappa shape index (κ3) is 2.49. The first-order valence-corrected chi connectivity index (χ1v) is 5.09. The van der Waals surface area contributed by atoms with E-state index in [-0.39, 0.29) is 17.0 Å². The molecular weight excluding hydrogens is 236 g/mol. The maximum absolute atomic E-state index is 11.8. The molecule has 1 heterocycles. The van der Waals surface area contributed by atoms with Crippen LogP contribution in [0.15, 0.2) is 41.2 Å². The monoisotopic (exact) mass is 246 g/mol. The molecule has 0 unspecified atom stereocenters. The van der Waals surface area contributed by atoms with Crippen LogP contribution in [0.25, 0.3) is 0 Å². The highest BCUT2D eigenvalue weighted by molar-refractivity contribution is 6.05. The van der Waals surface area contributed by atoms with Gasteiger partial charge in [-0.1, -0.05) is 12.1 Å². The second kappa shape index (κ2) is 4.62. The Morgan fingerprint density at radius 3 is 2.56 bits per heavy atom. The number of aromatic hydroxyl groups is 2. The molecule has 0 bridgehead atoms. The van der Waals surface area contributed by atoms with Crippen molar-refractivity contribution in [1.82, 2.24) is 4.98 Å². The molecular formula is C12H10N2O4. The molecule has 0 spiro atoms. The van der Waals surface area contributed by atoms with Gasteiger partial charge in [0, 0.05) is 12.1 Å². The average molecular weight is 246 g/mol. The highest BCUT2D eigenvalue weighted by Crippen LogP contribution is 2.22. The minimum absolute atomic E-state index is 0.000460. The number of aromatic amines is 1. The first kappa shape index (κ1) is 11.7. The molecule has 4 N–H and O–H groups in total. The normalized spacial score (nSPS) is 10.0. The van der Waals surface area contributed by atoms with Crippen LogP contribution in [0.4, 0.5) is 5.69 Å². The van der Waals surface area contributed by atoms with Gasteiger partial charge in [-0.3, -0.25) is 14.6 Å². The highest BCUT2D eigenvalue weighted by Gasteiger charge is 2.10.